The SMILES string of the molecule is CC(=O)Nc1ccc(NC(=O)c2cc(NCC3(C=O)C(c4ccc(Cl)c(Cl)c4)C3(Cl)Cl)ccc2Cl)c(F)c1. The molecule has 3 aromatic rings. The van der Waals surface area contributed by atoms with Crippen LogP contribution in [0, 0.1) is 11.2 Å². The molecule has 3 aromatic carbocycles. The van der Waals surface area contributed by atoms with Gasteiger partial charge in [-0.2, -0.15) is 0 Å². The number of amides is 2. The second kappa shape index (κ2) is 10.9. The van der Waals surface area contributed by atoms with E-state index < -0.39 is 27.4 Å². The van der Waals surface area contributed by atoms with Gasteiger partial charge in [0.05, 0.1) is 31.7 Å². The summed E-state index contributed by atoms with van der Waals surface area (Å²) >= 11 is 31.5. The van der Waals surface area contributed by atoms with Crippen LogP contribution in [-0.4, -0.2) is 29.0 Å². The highest BCUT2D eigenvalue weighted by atomic mass is 35.5. The highest BCUT2D eigenvalue weighted by molar-refractivity contribution is 6.54. The molecule has 0 heterocycles. The maximum atomic E-state index is 14.5. The van der Waals surface area contributed by atoms with Gasteiger partial charge in [-0.1, -0.05) is 64.1 Å². The zero-order chi connectivity index (χ0) is 27.8. The van der Waals surface area contributed by atoms with E-state index in [9.17, 15) is 18.8 Å². The summed E-state index contributed by atoms with van der Waals surface area (Å²) in [6.07, 6.45) is 0.699. The van der Waals surface area contributed by atoms with Crippen molar-refractivity contribution in [2.75, 3.05) is 22.5 Å². The van der Waals surface area contributed by atoms with E-state index in [1.54, 1.807) is 24.3 Å². The van der Waals surface area contributed by atoms with Crippen molar-refractivity contribution in [3.63, 3.8) is 0 Å². The predicted molar refractivity (Wildman–Crippen MR) is 151 cm³/mol. The van der Waals surface area contributed by atoms with Gasteiger partial charge in [-0.25, -0.2) is 4.39 Å². The summed E-state index contributed by atoms with van der Waals surface area (Å²) in [4.78, 5) is 36.3. The molecule has 1 aliphatic carbocycles. The van der Waals surface area contributed by atoms with Crippen LogP contribution in [-0.2, 0) is 9.59 Å². The van der Waals surface area contributed by atoms with Gasteiger partial charge in [-0.3, -0.25) is 9.59 Å². The molecule has 4 rings (SSSR count). The molecule has 0 aromatic heterocycles. The number of nitrogens with one attached hydrogen (secondary N) is 3. The second-order valence-electron chi connectivity index (χ2n) is 8.77. The fourth-order valence-electron chi connectivity index (χ4n) is 4.23. The summed E-state index contributed by atoms with van der Waals surface area (Å²) in [6, 6.07) is 13.3. The molecular formula is C26H19Cl5FN3O3. The lowest BCUT2D eigenvalue weighted by Gasteiger charge is -2.15. The highest BCUT2D eigenvalue weighted by Crippen LogP contribution is 2.73. The van der Waals surface area contributed by atoms with E-state index in [4.69, 9.17) is 58.0 Å². The molecule has 12 heteroatoms. The third-order valence-electron chi connectivity index (χ3n) is 6.24. The van der Waals surface area contributed by atoms with Crippen LogP contribution in [0.5, 0.6) is 0 Å². The van der Waals surface area contributed by atoms with Crippen LogP contribution in [0.1, 0.15) is 28.8 Å². The van der Waals surface area contributed by atoms with E-state index in [1.165, 1.54) is 31.2 Å². The number of carbonyl (C=O) groups is 3. The Kier molecular flexibility index (Phi) is 8.17. The summed E-state index contributed by atoms with van der Waals surface area (Å²) in [7, 11) is 0. The first-order valence-corrected chi connectivity index (χ1v) is 13.0. The van der Waals surface area contributed by atoms with Gasteiger partial charge in [0.2, 0.25) is 5.91 Å². The number of aldehydes is 1. The Bertz CT molecular complexity index is 1450. The van der Waals surface area contributed by atoms with E-state index >= 15 is 0 Å². The van der Waals surface area contributed by atoms with E-state index in [0.717, 1.165) is 6.07 Å². The van der Waals surface area contributed by atoms with Crippen molar-refractivity contribution in [3.05, 3.63) is 86.6 Å². The van der Waals surface area contributed by atoms with Gasteiger partial charge in [0.15, 0.2) is 0 Å². The lowest BCUT2D eigenvalue weighted by Crippen LogP contribution is -2.23. The fourth-order valence-corrected chi connectivity index (χ4v) is 5.71. The van der Waals surface area contributed by atoms with E-state index in [1.807, 2.05) is 0 Å². The van der Waals surface area contributed by atoms with Crippen LogP contribution < -0.4 is 16.0 Å². The Morgan fingerprint density at radius 1 is 0.921 bits per heavy atom. The number of carbonyl (C=O) groups excluding carboxylic acids is 3. The summed E-state index contributed by atoms with van der Waals surface area (Å²) in [6.45, 7) is 1.33. The first-order valence-electron chi connectivity index (χ1n) is 11.1. The number of anilines is 3. The predicted octanol–water partition coefficient (Wildman–Crippen LogP) is 7.57. The molecule has 38 heavy (non-hydrogen) atoms. The van der Waals surface area contributed by atoms with Gasteiger partial charge in [-0.15, -0.1) is 0 Å². The third kappa shape index (κ3) is 5.44. The quantitative estimate of drug-likeness (QED) is 0.180. The smallest absolute Gasteiger partial charge is 0.257 e. The van der Waals surface area contributed by atoms with Crippen LogP contribution in [0.4, 0.5) is 21.5 Å². The van der Waals surface area contributed by atoms with Crippen molar-refractivity contribution in [3.8, 4) is 0 Å². The molecule has 1 aliphatic rings. The molecule has 198 valence electrons. The average Bonchev–Trinajstić information content (AvgIpc) is 3.36. The molecule has 0 spiro atoms. The third-order valence-corrected chi connectivity index (χ3v) is 8.44. The maximum Gasteiger partial charge on any atom is 0.257 e. The van der Waals surface area contributed by atoms with Crippen LogP contribution in [0.3, 0.4) is 0 Å². The highest BCUT2D eigenvalue weighted by Gasteiger charge is 2.76. The van der Waals surface area contributed by atoms with Gasteiger partial charge >= 0.3 is 0 Å². The molecule has 2 amide bonds. The van der Waals surface area contributed by atoms with Crippen molar-refractivity contribution in [1.29, 1.82) is 0 Å². The Hall–Kier alpha value is -2.55. The minimum atomic E-state index is -1.41. The minimum Gasteiger partial charge on any atom is -0.384 e. The monoisotopic (exact) mass is 615 g/mol. The normalized spacial score (nSPS) is 19.4. The zero-order valence-electron chi connectivity index (χ0n) is 19.6. The number of benzene rings is 3. The molecule has 1 fully saturated rings. The molecular weight excluding hydrogens is 599 g/mol. The standard InChI is InChI=1S/C26H19Cl5FN3O3/c1-13(37)34-16-4-7-22(21(32)10-16)35-24(38)17-9-15(3-6-18(17)27)33-11-25(12-36)23(26(25,30)31)14-2-5-19(28)20(29)8-14/h2-10,12,23,33H,11H2,1H3,(H,34,37)(H,35,38). The number of hydrogen-bond acceptors (Lipinski definition) is 4. The number of halogens is 6. The summed E-state index contributed by atoms with van der Waals surface area (Å²) in [5, 5.41) is 8.80. The molecule has 0 aliphatic heterocycles. The molecule has 0 bridgehead atoms. The molecule has 6 nitrogen and oxygen atoms in total. The topological polar surface area (TPSA) is 87.3 Å². The van der Waals surface area contributed by atoms with Crippen molar-refractivity contribution < 1.29 is 18.8 Å². The lowest BCUT2D eigenvalue weighted by atomic mass is 10.00. The Morgan fingerprint density at radius 2 is 1.61 bits per heavy atom. The van der Waals surface area contributed by atoms with Gasteiger partial charge in [0.1, 0.15) is 16.4 Å². The number of rotatable bonds is 8. The van der Waals surface area contributed by atoms with Gasteiger partial charge < -0.3 is 20.7 Å². The molecule has 2 atom stereocenters. The largest absolute Gasteiger partial charge is 0.384 e. The Balaban J connectivity index is 1.51. The molecule has 3 N–H and O–H groups in total. The molecule has 1 saturated carbocycles. The van der Waals surface area contributed by atoms with Crippen molar-refractivity contribution in [1.82, 2.24) is 0 Å². The Morgan fingerprint density at radius 3 is 2.24 bits per heavy atom. The average molecular weight is 618 g/mol. The van der Waals surface area contributed by atoms with Gasteiger partial charge in [0.25, 0.3) is 5.91 Å². The molecule has 0 radical (unpaired) electrons. The second-order valence-corrected chi connectivity index (χ2v) is 11.4. The van der Waals surface area contributed by atoms with E-state index in [-0.39, 0.29) is 34.4 Å². The number of alkyl halides is 2. The summed E-state index contributed by atoms with van der Waals surface area (Å²) < 4.78 is 13.1. The van der Waals surface area contributed by atoms with E-state index in [2.05, 4.69) is 16.0 Å². The van der Waals surface area contributed by atoms with Gasteiger partial charge in [-0.05, 0) is 54.1 Å². The zero-order valence-corrected chi connectivity index (χ0v) is 23.3. The maximum absolute atomic E-state index is 14.5. The van der Waals surface area contributed by atoms with Crippen molar-refractivity contribution >= 4 is 93.2 Å². The van der Waals surface area contributed by atoms with Crippen LogP contribution >= 0.6 is 58.0 Å². The van der Waals surface area contributed by atoms with Crippen LogP contribution in [0.2, 0.25) is 15.1 Å². The van der Waals surface area contributed by atoms with Crippen molar-refractivity contribution in [2.24, 2.45) is 5.41 Å². The van der Waals surface area contributed by atoms with Crippen LogP contribution in [0.25, 0.3) is 0 Å². The Labute approximate surface area is 242 Å². The first kappa shape index (κ1) is 28.5. The molecule has 0 saturated heterocycles. The lowest BCUT2D eigenvalue weighted by molar-refractivity contribution is -0.114. The van der Waals surface area contributed by atoms with Crippen molar-refractivity contribution in [2.45, 2.75) is 17.2 Å². The molecule has 2 unspecified atom stereocenters. The van der Waals surface area contributed by atoms with E-state index in [0.29, 0.717) is 27.6 Å². The number of hydrogen-bond donors (Lipinski definition) is 3. The minimum absolute atomic E-state index is 0.0380. The van der Waals surface area contributed by atoms with Crippen LogP contribution in [0.15, 0.2) is 54.6 Å². The van der Waals surface area contributed by atoms with Gasteiger partial charge in [0, 0.05) is 30.8 Å². The summed E-state index contributed by atoms with van der Waals surface area (Å²) in [5.74, 6) is -2.33. The first-order chi connectivity index (χ1) is 17.9. The summed E-state index contributed by atoms with van der Waals surface area (Å²) in [5.41, 5.74) is 0.119. The fraction of sp³-hybridized carbons (Fsp3) is 0.192.